The minimum Gasteiger partial charge on any atom is -0.504 e. The van der Waals surface area contributed by atoms with Crippen LogP contribution in [0.15, 0.2) is 60.8 Å². The lowest BCUT2D eigenvalue weighted by Gasteiger charge is -2.13. The second-order valence-corrected chi connectivity index (χ2v) is 5.67. The first-order valence-electron chi connectivity index (χ1n) is 7.94. The van der Waals surface area contributed by atoms with Crippen LogP contribution in [0.4, 0.5) is 24.5 Å². The number of hydrogen-bond acceptors (Lipinski definition) is 5. The predicted molar refractivity (Wildman–Crippen MR) is 96.2 cm³/mol. The van der Waals surface area contributed by atoms with Crippen molar-refractivity contribution >= 4 is 17.3 Å². The molecule has 0 saturated heterocycles. The van der Waals surface area contributed by atoms with Gasteiger partial charge in [0.1, 0.15) is 11.5 Å². The fourth-order valence-corrected chi connectivity index (χ4v) is 2.35. The van der Waals surface area contributed by atoms with Crippen LogP contribution >= 0.6 is 0 Å². The van der Waals surface area contributed by atoms with Gasteiger partial charge >= 0.3 is 6.18 Å². The van der Waals surface area contributed by atoms with E-state index >= 15 is 0 Å². The average molecular weight is 389 g/mol. The predicted octanol–water partition coefficient (Wildman–Crippen LogP) is 4.43. The van der Waals surface area contributed by atoms with Crippen LogP contribution in [0, 0.1) is 0 Å². The zero-order valence-corrected chi connectivity index (χ0v) is 14.2. The summed E-state index contributed by atoms with van der Waals surface area (Å²) in [6.07, 6.45) is -3.27. The number of nitrogens with one attached hydrogen (secondary N) is 1. The molecule has 3 rings (SSSR count). The van der Waals surface area contributed by atoms with Gasteiger partial charge in [-0.3, -0.25) is 4.79 Å². The van der Waals surface area contributed by atoms with Crippen molar-refractivity contribution in [3.05, 3.63) is 72.1 Å². The number of carbonyl (C=O) groups is 1. The van der Waals surface area contributed by atoms with E-state index in [4.69, 9.17) is 10.5 Å². The Morgan fingerprint density at radius 3 is 2.43 bits per heavy atom. The maximum Gasteiger partial charge on any atom is 0.419 e. The van der Waals surface area contributed by atoms with Gasteiger partial charge in [-0.15, -0.1) is 0 Å². The third-order valence-corrected chi connectivity index (χ3v) is 3.70. The lowest BCUT2D eigenvalue weighted by Crippen LogP contribution is -2.14. The molecule has 0 aliphatic carbocycles. The van der Waals surface area contributed by atoms with E-state index in [1.807, 2.05) is 0 Å². The highest BCUT2D eigenvalue weighted by Crippen LogP contribution is 2.38. The van der Waals surface area contributed by atoms with Crippen molar-refractivity contribution < 1.29 is 27.8 Å². The van der Waals surface area contributed by atoms with Gasteiger partial charge in [-0.2, -0.15) is 13.2 Å². The molecule has 0 unspecified atom stereocenters. The van der Waals surface area contributed by atoms with E-state index in [0.29, 0.717) is 5.69 Å². The molecule has 0 saturated carbocycles. The van der Waals surface area contributed by atoms with E-state index in [-0.39, 0.29) is 22.9 Å². The van der Waals surface area contributed by atoms with Gasteiger partial charge in [0.2, 0.25) is 0 Å². The minimum atomic E-state index is -4.54. The highest BCUT2D eigenvalue weighted by Gasteiger charge is 2.34. The zero-order chi connectivity index (χ0) is 20.3. The molecule has 6 nitrogen and oxygen atoms in total. The van der Waals surface area contributed by atoms with E-state index in [9.17, 15) is 23.1 Å². The maximum absolute atomic E-state index is 13.0. The molecule has 0 spiro atoms. The monoisotopic (exact) mass is 389 g/mol. The minimum absolute atomic E-state index is 0.00669. The van der Waals surface area contributed by atoms with Crippen LogP contribution in [0.2, 0.25) is 0 Å². The van der Waals surface area contributed by atoms with Gasteiger partial charge in [-0.1, -0.05) is 12.1 Å². The van der Waals surface area contributed by atoms with Crippen molar-refractivity contribution in [1.29, 1.82) is 0 Å². The van der Waals surface area contributed by atoms with Gasteiger partial charge in [0.15, 0.2) is 11.4 Å². The first kappa shape index (κ1) is 19.0. The van der Waals surface area contributed by atoms with Gasteiger partial charge in [-0.05, 0) is 42.5 Å². The molecule has 1 amide bonds. The van der Waals surface area contributed by atoms with Crippen LogP contribution in [0.5, 0.6) is 17.2 Å². The Morgan fingerprint density at radius 1 is 1.07 bits per heavy atom. The summed E-state index contributed by atoms with van der Waals surface area (Å²) in [7, 11) is 0. The van der Waals surface area contributed by atoms with Gasteiger partial charge in [0.25, 0.3) is 5.91 Å². The van der Waals surface area contributed by atoms with Crippen molar-refractivity contribution in [3.8, 4) is 17.2 Å². The number of nitrogens with zero attached hydrogens (tertiary/aromatic N) is 1. The number of aromatic nitrogens is 1. The molecule has 0 aliphatic heterocycles. The van der Waals surface area contributed by atoms with Crippen molar-refractivity contribution in [2.45, 2.75) is 6.18 Å². The quantitative estimate of drug-likeness (QED) is 0.613. The summed E-state index contributed by atoms with van der Waals surface area (Å²) in [4.78, 5) is 15.9. The molecular weight excluding hydrogens is 375 g/mol. The van der Waals surface area contributed by atoms with Crippen LogP contribution in [0.3, 0.4) is 0 Å². The number of alkyl halides is 3. The zero-order valence-electron chi connectivity index (χ0n) is 14.2. The van der Waals surface area contributed by atoms with Gasteiger partial charge in [-0.25, -0.2) is 4.98 Å². The van der Waals surface area contributed by atoms with Crippen LogP contribution in [0.25, 0.3) is 0 Å². The smallest absolute Gasteiger partial charge is 0.419 e. The second kappa shape index (κ2) is 7.47. The molecule has 1 heterocycles. The topological polar surface area (TPSA) is 97.5 Å². The number of nitrogens with two attached hydrogens (primary N) is 1. The van der Waals surface area contributed by atoms with Crippen molar-refractivity contribution in [1.82, 2.24) is 4.98 Å². The summed E-state index contributed by atoms with van der Waals surface area (Å²) in [5.74, 6) is -1.31. The number of pyridine rings is 1. The lowest BCUT2D eigenvalue weighted by molar-refractivity contribution is -0.138. The maximum atomic E-state index is 13.0. The number of ether oxygens (including phenoxy) is 1. The first-order valence-corrected chi connectivity index (χ1v) is 7.94. The van der Waals surface area contributed by atoms with Crippen molar-refractivity contribution in [2.75, 3.05) is 11.1 Å². The van der Waals surface area contributed by atoms with E-state index in [2.05, 4.69) is 10.3 Å². The van der Waals surface area contributed by atoms with Gasteiger partial charge < -0.3 is 20.9 Å². The Hall–Kier alpha value is -3.75. The summed E-state index contributed by atoms with van der Waals surface area (Å²) in [5, 5.41) is 12.3. The molecule has 2 aromatic carbocycles. The summed E-state index contributed by atoms with van der Waals surface area (Å²) in [6.45, 7) is 0. The molecule has 144 valence electrons. The van der Waals surface area contributed by atoms with E-state index in [1.165, 1.54) is 54.7 Å². The first-order chi connectivity index (χ1) is 13.3. The number of para-hydroxylation sites is 1. The number of benzene rings is 2. The Kier molecular flexibility index (Phi) is 5.08. The van der Waals surface area contributed by atoms with Crippen LogP contribution < -0.4 is 15.8 Å². The summed E-state index contributed by atoms with van der Waals surface area (Å²) < 4.78 is 44.4. The Morgan fingerprint density at radius 2 is 1.75 bits per heavy atom. The van der Waals surface area contributed by atoms with Crippen molar-refractivity contribution in [3.63, 3.8) is 0 Å². The van der Waals surface area contributed by atoms with Gasteiger partial charge in [0.05, 0.1) is 11.3 Å². The summed E-state index contributed by atoms with van der Waals surface area (Å²) in [5.41, 5.74) is 4.71. The number of hydrogen-bond donors (Lipinski definition) is 3. The molecule has 0 atom stereocenters. The molecular formula is C19H14F3N3O3. The third-order valence-electron chi connectivity index (χ3n) is 3.70. The number of amides is 1. The average Bonchev–Trinajstić information content (AvgIpc) is 2.65. The molecule has 0 fully saturated rings. The van der Waals surface area contributed by atoms with Crippen LogP contribution in [-0.2, 0) is 6.18 Å². The Labute approximate surface area is 157 Å². The van der Waals surface area contributed by atoms with E-state index in [1.54, 1.807) is 0 Å². The number of carbonyl (C=O) groups excluding carboxylic acids is 1. The number of aromatic hydroxyl groups is 1. The largest absolute Gasteiger partial charge is 0.504 e. The van der Waals surface area contributed by atoms with Crippen LogP contribution in [-0.4, -0.2) is 16.0 Å². The fourth-order valence-electron chi connectivity index (χ4n) is 2.35. The molecule has 0 aliphatic rings. The molecule has 9 heteroatoms. The number of rotatable bonds is 4. The molecule has 3 aromatic rings. The highest BCUT2D eigenvalue weighted by molar-refractivity contribution is 6.05. The highest BCUT2D eigenvalue weighted by atomic mass is 19.4. The number of halogens is 3. The SMILES string of the molecule is Nc1ccnc(C(=O)Nc2ccc(Oc3ccccc3C(F)(F)F)cc2)c1O. The standard InChI is InChI=1S/C19H14F3N3O3/c20-19(21,22)13-3-1-2-4-15(13)28-12-7-5-11(6-8-12)25-18(27)16-17(26)14(23)9-10-24-16/h1-10,26H,(H2,23,24)(H,25,27). The number of nitrogen functional groups attached to an aromatic ring is 1. The normalized spacial score (nSPS) is 11.1. The van der Waals surface area contributed by atoms with Gasteiger partial charge in [0, 0.05) is 11.9 Å². The molecule has 0 bridgehead atoms. The molecule has 1 aromatic heterocycles. The number of anilines is 2. The van der Waals surface area contributed by atoms with Crippen molar-refractivity contribution in [2.24, 2.45) is 0 Å². The molecule has 28 heavy (non-hydrogen) atoms. The lowest BCUT2D eigenvalue weighted by atomic mass is 10.2. The third kappa shape index (κ3) is 4.14. The Bertz CT molecular complexity index is 1010. The second-order valence-electron chi connectivity index (χ2n) is 5.67. The summed E-state index contributed by atoms with van der Waals surface area (Å²) >= 11 is 0. The molecule has 0 radical (unpaired) electrons. The van der Waals surface area contributed by atoms with Crippen LogP contribution in [0.1, 0.15) is 16.1 Å². The van der Waals surface area contributed by atoms with E-state index < -0.39 is 23.4 Å². The Balaban J connectivity index is 1.74. The van der Waals surface area contributed by atoms with E-state index in [0.717, 1.165) is 6.07 Å². The molecule has 4 N–H and O–H groups in total. The fraction of sp³-hybridized carbons (Fsp3) is 0.0526. The summed E-state index contributed by atoms with van der Waals surface area (Å²) in [6, 6.07) is 11.9.